The molecular weight excluding hydrogens is 476 g/mol. The van der Waals surface area contributed by atoms with Crippen molar-refractivity contribution in [1.82, 2.24) is 10.2 Å². The number of nitrogens with one attached hydrogen (secondary N) is 1. The van der Waals surface area contributed by atoms with Crippen LogP contribution in [0.4, 0.5) is 16.2 Å². The minimum absolute atomic E-state index is 0.00507. The number of urea groups is 1. The molecule has 8 heteroatoms. The summed E-state index contributed by atoms with van der Waals surface area (Å²) in [5.41, 5.74) is 2.59. The summed E-state index contributed by atoms with van der Waals surface area (Å²) in [5, 5.41) is 3.82. The zero-order valence-electron chi connectivity index (χ0n) is 20.0. The lowest BCUT2D eigenvalue weighted by Gasteiger charge is -2.50. The molecule has 0 unspecified atom stereocenters. The van der Waals surface area contributed by atoms with E-state index in [0.29, 0.717) is 35.8 Å². The first-order valence-electron chi connectivity index (χ1n) is 12.2. The highest BCUT2D eigenvalue weighted by Crippen LogP contribution is 2.45. The number of carbonyl (C=O) groups is 2. The van der Waals surface area contributed by atoms with E-state index in [0.717, 1.165) is 30.1 Å². The molecule has 3 heterocycles. The maximum Gasteiger partial charge on any atom is 0.325 e. The van der Waals surface area contributed by atoms with Gasteiger partial charge in [0.15, 0.2) is 5.72 Å². The lowest BCUT2D eigenvalue weighted by Crippen LogP contribution is -2.65. The molecule has 36 heavy (non-hydrogen) atoms. The summed E-state index contributed by atoms with van der Waals surface area (Å²) in [5.74, 6) is 0.778. The molecule has 0 spiro atoms. The fraction of sp³-hybridized carbons (Fsp3) is 0.286. The Morgan fingerprint density at radius 1 is 0.944 bits per heavy atom. The van der Waals surface area contributed by atoms with Crippen LogP contribution in [0.3, 0.4) is 0 Å². The molecular formula is C28H27ClN4O3. The molecule has 0 aromatic heterocycles. The van der Waals surface area contributed by atoms with E-state index in [1.54, 1.807) is 17.0 Å². The predicted octanol–water partition coefficient (Wildman–Crippen LogP) is 5.07. The molecule has 6 rings (SSSR count). The van der Waals surface area contributed by atoms with Gasteiger partial charge in [0.2, 0.25) is 0 Å². The molecule has 2 saturated heterocycles. The topological polar surface area (TPSA) is 65.1 Å². The first-order chi connectivity index (χ1) is 17.4. The van der Waals surface area contributed by atoms with Crippen LogP contribution < -0.4 is 19.9 Å². The molecule has 2 fully saturated rings. The lowest BCUT2D eigenvalue weighted by molar-refractivity contribution is 0.0379. The number of para-hydroxylation sites is 1. The number of amides is 3. The number of carbonyl (C=O) groups excluding carboxylic acids is 2. The SMILES string of the molecule is C[C@@]12C[C@@H](NC(=O)N1c1ccc(C(=O)N3CCN(c4ccc(Cl)cc4)CC3)cc1)c1ccccc1O2. The highest BCUT2D eigenvalue weighted by atomic mass is 35.5. The molecule has 3 aliphatic heterocycles. The summed E-state index contributed by atoms with van der Waals surface area (Å²) < 4.78 is 6.33. The second kappa shape index (κ2) is 8.75. The van der Waals surface area contributed by atoms with Crippen molar-refractivity contribution in [3.8, 4) is 5.75 Å². The number of hydrogen-bond donors (Lipinski definition) is 1. The third-order valence-electron chi connectivity index (χ3n) is 7.31. The van der Waals surface area contributed by atoms with Gasteiger partial charge in [-0.1, -0.05) is 29.8 Å². The Morgan fingerprint density at radius 2 is 1.61 bits per heavy atom. The average Bonchev–Trinajstić information content (AvgIpc) is 2.89. The number of halogens is 1. The van der Waals surface area contributed by atoms with Gasteiger partial charge in [-0.2, -0.15) is 0 Å². The van der Waals surface area contributed by atoms with Crippen LogP contribution in [0.15, 0.2) is 72.8 Å². The summed E-state index contributed by atoms with van der Waals surface area (Å²) in [4.78, 5) is 32.1. The molecule has 0 radical (unpaired) electrons. The second-order valence-electron chi connectivity index (χ2n) is 9.66. The number of ether oxygens (including phenoxy) is 1. The Labute approximate surface area is 215 Å². The Kier molecular flexibility index (Phi) is 5.52. The maximum atomic E-state index is 13.2. The van der Waals surface area contributed by atoms with Crippen LogP contribution in [0.2, 0.25) is 5.02 Å². The van der Waals surface area contributed by atoms with Gasteiger partial charge in [-0.3, -0.25) is 9.69 Å². The summed E-state index contributed by atoms with van der Waals surface area (Å²) in [7, 11) is 0. The number of anilines is 2. The molecule has 184 valence electrons. The second-order valence-corrected chi connectivity index (χ2v) is 10.1. The Bertz CT molecular complexity index is 1310. The van der Waals surface area contributed by atoms with Gasteiger partial charge in [0, 0.05) is 60.1 Å². The van der Waals surface area contributed by atoms with E-state index in [-0.39, 0.29) is 18.0 Å². The molecule has 0 aliphatic carbocycles. The first kappa shape index (κ1) is 22.7. The van der Waals surface area contributed by atoms with E-state index in [1.165, 1.54) is 0 Å². The van der Waals surface area contributed by atoms with Gasteiger partial charge in [0.25, 0.3) is 5.91 Å². The van der Waals surface area contributed by atoms with Gasteiger partial charge in [-0.05, 0) is 61.5 Å². The normalized spacial score (nSPS) is 23.0. The minimum Gasteiger partial charge on any atom is -0.467 e. The molecule has 1 N–H and O–H groups in total. The van der Waals surface area contributed by atoms with Crippen molar-refractivity contribution in [2.24, 2.45) is 0 Å². The summed E-state index contributed by atoms with van der Waals surface area (Å²) >= 11 is 6.00. The van der Waals surface area contributed by atoms with Crippen molar-refractivity contribution in [3.63, 3.8) is 0 Å². The summed E-state index contributed by atoms with van der Waals surface area (Å²) in [6.07, 6.45) is 0.633. The van der Waals surface area contributed by atoms with Crippen LogP contribution in [0.5, 0.6) is 5.75 Å². The van der Waals surface area contributed by atoms with Crippen LogP contribution >= 0.6 is 11.6 Å². The van der Waals surface area contributed by atoms with E-state index in [2.05, 4.69) is 10.2 Å². The molecule has 3 aromatic rings. The number of benzene rings is 3. The summed E-state index contributed by atoms with van der Waals surface area (Å²) in [6, 6.07) is 22.5. The van der Waals surface area contributed by atoms with E-state index in [1.807, 2.05) is 72.5 Å². The highest BCUT2D eigenvalue weighted by Gasteiger charge is 2.49. The van der Waals surface area contributed by atoms with Crippen molar-refractivity contribution >= 4 is 34.9 Å². The van der Waals surface area contributed by atoms with E-state index in [4.69, 9.17) is 16.3 Å². The predicted molar refractivity (Wildman–Crippen MR) is 140 cm³/mol. The average molecular weight is 503 g/mol. The molecule has 3 amide bonds. The van der Waals surface area contributed by atoms with Crippen molar-refractivity contribution in [2.45, 2.75) is 25.1 Å². The largest absolute Gasteiger partial charge is 0.467 e. The standard InChI is InChI=1S/C28H27ClN4O3/c1-28-18-24(23-4-2-3-5-25(23)36-28)30-27(35)33(28)22-10-6-19(7-11-22)26(34)32-16-14-31(15-17-32)21-12-8-20(29)9-13-21/h2-13,24H,14-18H2,1H3,(H,30,35)/t24-,28-/m1/s1. The number of fused-ring (bicyclic) bond motifs is 4. The molecule has 2 atom stereocenters. The molecule has 2 bridgehead atoms. The van der Waals surface area contributed by atoms with Gasteiger partial charge in [0.1, 0.15) is 5.75 Å². The van der Waals surface area contributed by atoms with Gasteiger partial charge < -0.3 is 19.9 Å². The maximum absolute atomic E-state index is 13.2. The van der Waals surface area contributed by atoms with Gasteiger partial charge in [-0.25, -0.2) is 4.79 Å². The number of piperazine rings is 1. The molecule has 0 saturated carbocycles. The monoisotopic (exact) mass is 502 g/mol. The van der Waals surface area contributed by atoms with Crippen LogP contribution in [0.1, 0.15) is 35.3 Å². The van der Waals surface area contributed by atoms with Crippen LogP contribution in [0, 0.1) is 0 Å². The molecule has 3 aromatic carbocycles. The third-order valence-corrected chi connectivity index (χ3v) is 7.56. The van der Waals surface area contributed by atoms with Crippen molar-refractivity contribution in [1.29, 1.82) is 0 Å². The van der Waals surface area contributed by atoms with Crippen LogP contribution in [0.25, 0.3) is 0 Å². The number of rotatable bonds is 3. The zero-order chi connectivity index (χ0) is 24.9. The van der Waals surface area contributed by atoms with Crippen molar-refractivity contribution < 1.29 is 14.3 Å². The van der Waals surface area contributed by atoms with Gasteiger partial charge in [0.05, 0.1) is 6.04 Å². The third kappa shape index (κ3) is 3.93. The van der Waals surface area contributed by atoms with E-state index < -0.39 is 5.72 Å². The molecule has 7 nitrogen and oxygen atoms in total. The Hall–Kier alpha value is -3.71. The Balaban J connectivity index is 1.15. The number of nitrogens with zero attached hydrogens (tertiary/aromatic N) is 3. The Morgan fingerprint density at radius 3 is 2.33 bits per heavy atom. The van der Waals surface area contributed by atoms with Crippen LogP contribution in [-0.2, 0) is 0 Å². The highest BCUT2D eigenvalue weighted by molar-refractivity contribution is 6.30. The molecule has 3 aliphatic rings. The fourth-order valence-electron chi connectivity index (χ4n) is 5.47. The van der Waals surface area contributed by atoms with Crippen molar-refractivity contribution in [3.05, 3.63) is 88.9 Å². The zero-order valence-corrected chi connectivity index (χ0v) is 20.7. The van der Waals surface area contributed by atoms with E-state index >= 15 is 0 Å². The quantitative estimate of drug-likeness (QED) is 0.543. The lowest BCUT2D eigenvalue weighted by atomic mass is 9.90. The van der Waals surface area contributed by atoms with Crippen molar-refractivity contribution in [2.75, 3.05) is 36.0 Å². The van der Waals surface area contributed by atoms with E-state index in [9.17, 15) is 9.59 Å². The fourth-order valence-corrected chi connectivity index (χ4v) is 5.59. The smallest absolute Gasteiger partial charge is 0.325 e. The van der Waals surface area contributed by atoms with Gasteiger partial charge >= 0.3 is 6.03 Å². The first-order valence-corrected chi connectivity index (χ1v) is 12.6. The summed E-state index contributed by atoms with van der Waals surface area (Å²) in [6.45, 7) is 4.75. The van der Waals surface area contributed by atoms with Crippen LogP contribution in [-0.4, -0.2) is 48.7 Å². The number of hydrogen-bond acceptors (Lipinski definition) is 4. The minimum atomic E-state index is -0.815. The van der Waals surface area contributed by atoms with Gasteiger partial charge in [-0.15, -0.1) is 0 Å².